The average Bonchev–Trinajstić information content (AvgIpc) is 3.37. The summed E-state index contributed by atoms with van der Waals surface area (Å²) in [6.07, 6.45) is 2.39. The molecular weight excluding hydrogens is 406 g/mol. The maximum Gasteiger partial charge on any atom is 0.236 e. The molecule has 3 aromatic rings. The predicted molar refractivity (Wildman–Crippen MR) is 113 cm³/mol. The molecule has 1 aliphatic carbocycles. The molecule has 0 saturated heterocycles. The highest BCUT2D eigenvalue weighted by molar-refractivity contribution is 7.92. The number of methoxy groups -OCH3 is 1. The molecule has 9 heteroatoms. The van der Waals surface area contributed by atoms with Crippen LogP contribution in [0.2, 0.25) is 0 Å². The Hall–Kier alpha value is -3.33. The number of carbonyl (C=O) groups is 1. The Bertz CT molecular complexity index is 1200. The van der Waals surface area contributed by atoms with Crippen molar-refractivity contribution in [3.63, 3.8) is 0 Å². The van der Waals surface area contributed by atoms with Crippen molar-refractivity contribution in [3.05, 3.63) is 60.3 Å². The zero-order valence-electron chi connectivity index (χ0n) is 16.5. The van der Waals surface area contributed by atoms with Gasteiger partial charge in [0.1, 0.15) is 5.75 Å². The molecule has 4 rings (SSSR count). The molecule has 0 unspecified atom stereocenters. The third-order valence-electron chi connectivity index (χ3n) is 4.96. The minimum absolute atomic E-state index is 0.204. The lowest BCUT2D eigenvalue weighted by molar-refractivity contribution is -0.118. The van der Waals surface area contributed by atoms with Gasteiger partial charge in [0.15, 0.2) is 5.76 Å². The molecule has 1 aliphatic rings. The van der Waals surface area contributed by atoms with Crippen LogP contribution >= 0.6 is 0 Å². The number of rotatable bonds is 7. The number of hydrogen-bond donors (Lipinski definition) is 2. The van der Waals surface area contributed by atoms with Crippen molar-refractivity contribution in [2.24, 2.45) is 0 Å². The van der Waals surface area contributed by atoms with E-state index in [1.807, 2.05) is 24.3 Å². The minimum atomic E-state index is -3.40. The van der Waals surface area contributed by atoms with Gasteiger partial charge in [-0.05, 0) is 43.2 Å². The monoisotopic (exact) mass is 427 g/mol. The molecule has 1 amide bonds. The summed E-state index contributed by atoms with van der Waals surface area (Å²) in [6, 6.07) is 15.7. The predicted octanol–water partition coefficient (Wildman–Crippen LogP) is 3.39. The topological polar surface area (TPSA) is 111 Å². The fourth-order valence-electron chi connectivity index (χ4n) is 3.26. The quantitative estimate of drug-likeness (QED) is 0.598. The van der Waals surface area contributed by atoms with Crippen LogP contribution in [0.1, 0.15) is 18.5 Å². The second-order valence-electron chi connectivity index (χ2n) is 7.30. The van der Waals surface area contributed by atoms with Crippen LogP contribution in [0.15, 0.2) is 59.1 Å². The summed E-state index contributed by atoms with van der Waals surface area (Å²) < 4.78 is 36.0. The fourth-order valence-corrected chi connectivity index (χ4v) is 3.82. The van der Waals surface area contributed by atoms with E-state index >= 15 is 0 Å². The van der Waals surface area contributed by atoms with Gasteiger partial charge < -0.3 is 14.6 Å². The largest absolute Gasteiger partial charge is 0.497 e. The second kappa shape index (κ2) is 7.49. The number of amides is 1. The number of benzene rings is 2. The number of sulfonamides is 1. The van der Waals surface area contributed by atoms with Crippen LogP contribution in [0, 0.1) is 0 Å². The summed E-state index contributed by atoms with van der Waals surface area (Å²) in [4.78, 5) is 13.0. The zero-order chi connectivity index (χ0) is 21.4. The molecule has 0 spiro atoms. The third kappa shape index (κ3) is 4.16. The van der Waals surface area contributed by atoms with E-state index in [1.165, 1.54) is 0 Å². The van der Waals surface area contributed by atoms with Gasteiger partial charge in [-0.25, -0.2) is 8.42 Å². The van der Waals surface area contributed by atoms with Crippen molar-refractivity contribution < 1.29 is 22.5 Å². The maximum atomic E-state index is 13.0. The van der Waals surface area contributed by atoms with E-state index < -0.39 is 15.4 Å². The van der Waals surface area contributed by atoms with Gasteiger partial charge in [-0.15, -0.1) is 0 Å². The molecule has 0 bridgehead atoms. The van der Waals surface area contributed by atoms with Crippen LogP contribution < -0.4 is 14.8 Å². The molecule has 1 heterocycles. The van der Waals surface area contributed by atoms with E-state index in [0.29, 0.717) is 41.4 Å². The smallest absolute Gasteiger partial charge is 0.236 e. The Balaban J connectivity index is 1.53. The molecule has 1 fully saturated rings. The molecular formula is C21H21N3O5S. The van der Waals surface area contributed by atoms with Crippen molar-refractivity contribution in [1.82, 2.24) is 5.16 Å². The lowest BCUT2D eigenvalue weighted by Crippen LogP contribution is -2.28. The first kappa shape index (κ1) is 20.0. The Morgan fingerprint density at radius 1 is 1.10 bits per heavy atom. The van der Waals surface area contributed by atoms with E-state index in [2.05, 4.69) is 15.2 Å². The fraction of sp³-hybridized carbons (Fsp3) is 0.238. The summed E-state index contributed by atoms with van der Waals surface area (Å²) in [6.45, 7) is 0. The van der Waals surface area contributed by atoms with E-state index in [-0.39, 0.29) is 5.91 Å². The van der Waals surface area contributed by atoms with Crippen LogP contribution in [0.3, 0.4) is 0 Å². The summed E-state index contributed by atoms with van der Waals surface area (Å²) in [5, 5.41) is 7.00. The third-order valence-corrected chi connectivity index (χ3v) is 5.57. The number of aromatic nitrogens is 1. The SMILES string of the molecule is COc1cccc(-c2cc(C3(C(=O)Nc4cccc(NS(C)(=O)=O)c4)CC3)no2)c1. The van der Waals surface area contributed by atoms with Crippen LogP contribution in [0.25, 0.3) is 11.3 Å². The number of hydrogen-bond acceptors (Lipinski definition) is 6. The van der Waals surface area contributed by atoms with Crippen LogP contribution in [-0.2, 0) is 20.2 Å². The summed E-state index contributed by atoms with van der Waals surface area (Å²) in [5.74, 6) is 1.05. The van der Waals surface area contributed by atoms with Crippen LogP contribution in [0.5, 0.6) is 5.75 Å². The van der Waals surface area contributed by atoms with Crippen molar-refractivity contribution >= 4 is 27.3 Å². The minimum Gasteiger partial charge on any atom is -0.497 e. The van der Waals surface area contributed by atoms with E-state index in [0.717, 1.165) is 11.8 Å². The van der Waals surface area contributed by atoms with E-state index in [1.54, 1.807) is 37.4 Å². The number of nitrogens with zero attached hydrogens (tertiary/aromatic N) is 1. The van der Waals surface area contributed by atoms with E-state index in [9.17, 15) is 13.2 Å². The first-order valence-corrected chi connectivity index (χ1v) is 11.2. The van der Waals surface area contributed by atoms with Gasteiger partial charge in [0.25, 0.3) is 0 Å². The Morgan fingerprint density at radius 3 is 2.53 bits per heavy atom. The van der Waals surface area contributed by atoms with Gasteiger partial charge >= 0.3 is 0 Å². The van der Waals surface area contributed by atoms with Gasteiger partial charge in [0.05, 0.1) is 30.2 Å². The Labute approximate surface area is 174 Å². The van der Waals surface area contributed by atoms with E-state index in [4.69, 9.17) is 9.26 Å². The van der Waals surface area contributed by atoms with Crippen molar-refractivity contribution in [1.29, 1.82) is 0 Å². The highest BCUT2D eigenvalue weighted by Gasteiger charge is 2.53. The maximum absolute atomic E-state index is 13.0. The van der Waals surface area contributed by atoms with Gasteiger partial charge in [-0.2, -0.15) is 0 Å². The number of nitrogens with one attached hydrogen (secondary N) is 2. The number of anilines is 2. The van der Waals surface area contributed by atoms with Gasteiger partial charge in [-0.1, -0.05) is 23.4 Å². The summed E-state index contributed by atoms with van der Waals surface area (Å²) in [7, 11) is -1.81. The average molecular weight is 427 g/mol. The lowest BCUT2D eigenvalue weighted by atomic mass is 10.00. The molecule has 1 saturated carbocycles. The lowest BCUT2D eigenvalue weighted by Gasteiger charge is -2.13. The van der Waals surface area contributed by atoms with Crippen molar-refractivity contribution in [3.8, 4) is 17.1 Å². The molecule has 8 nitrogen and oxygen atoms in total. The number of ether oxygens (including phenoxy) is 1. The highest BCUT2D eigenvalue weighted by Crippen LogP contribution is 2.49. The zero-order valence-corrected chi connectivity index (χ0v) is 17.3. The summed E-state index contributed by atoms with van der Waals surface area (Å²) in [5.41, 5.74) is 1.51. The molecule has 2 N–H and O–H groups in total. The van der Waals surface area contributed by atoms with Gasteiger partial charge in [0.2, 0.25) is 15.9 Å². The highest BCUT2D eigenvalue weighted by atomic mass is 32.2. The van der Waals surface area contributed by atoms with Gasteiger partial charge in [-0.3, -0.25) is 9.52 Å². The van der Waals surface area contributed by atoms with Crippen molar-refractivity contribution in [2.45, 2.75) is 18.3 Å². The first-order valence-electron chi connectivity index (χ1n) is 9.30. The van der Waals surface area contributed by atoms with Crippen LogP contribution in [-0.4, -0.2) is 32.8 Å². The van der Waals surface area contributed by atoms with Crippen LogP contribution in [0.4, 0.5) is 11.4 Å². The molecule has 2 aromatic carbocycles. The number of carbonyl (C=O) groups excluding carboxylic acids is 1. The molecule has 0 atom stereocenters. The summed E-state index contributed by atoms with van der Waals surface area (Å²) >= 11 is 0. The molecule has 0 aliphatic heterocycles. The molecule has 1 aromatic heterocycles. The first-order chi connectivity index (χ1) is 14.3. The van der Waals surface area contributed by atoms with Gasteiger partial charge in [0, 0.05) is 17.3 Å². The standard InChI is InChI=1S/C21H21N3O5S/c1-28-17-8-3-5-14(11-17)18-13-19(23-29-18)21(9-10-21)20(25)22-15-6-4-7-16(12-15)24-30(2,26)27/h3-8,11-13,24H,9-10H2,1-2H3,(H,22,25). The Kier molecular flexibility index (Phi) is 4.98. The normalized spacial score (nSPS) is 14.7. The molecule has 30 heavy (non-hydrogen) atoms. The van der Waals surface area contributed by atoms with Crippen molar-refractivity contribution in [2.75, 3.05) is 23.4 Å². The molecule has 0 radical (unpaired) electrons. The second-order valence-corrected chi connectivity index (χ2v) is 9.05. The molecule has 156 valence electrons. The Morgan fingerprint density at radius 2 is 1.83 bits per heavy atom.